The molecule has 0 amide bonds. The summed E-state index contributed by atoms with van der Waals surface area (Å²) in [6.45, 7) is -0.816. The Balaban J connectivity index is 2.10. The van der Waals surface area contributed by atoms with Gasteiger partial charge < -0.3 is 97.4 Å². The normalized spacial score (nSPS) is 42.3. The zero-order valence-electron chi connectivity index (χ0n) is 25.3. The van der Waals surface area contributed by atoms with E-state index in [0.29, 0.717) is 0 Å². The second-order valence-corrected chi connectivity index (χ2v) is 13.6. The number of nitrogens with zero attached hydrogens (tertiary/aromatic N) is 2. The summed E-state index contributed by atoms with van der Waals surface area (Å²) < 4.78 is 55.8. The molecule has 0 radical (unpaired) electrons. The predicted molar refractivity (Wildman–Crippen MR) is 156 cm³/mol. The SMILES string of the molecule is CN[C@@H]1[C@H](O[C@H]2[C@H](O[C@H]3[C@H](O)[C@@H](OP(=O)(O)O)[C@H](N=C(N)N)[C@@H](O)[C@@H]3N=C(N)N)O[C@@H](C)[C@]2(O)COP(=O)(O)O)O[C@@H](CO)[C@H](O)[C@H]1O. The average Bonchev–Trinajstić information content (AvgIpc) is 3.19. The summed E-state index contributed by atoms with van der Waals surface area (Å²) >= 11 is 0. The molecule has 25 nitrogen and oxygen atoms in total. The van der Waals surface area contributed by atoms with Gasteiger partial charge in [0.25, 0.3) is 0 Å². The average molecular weight is 744 g/mol. The molecule has 0 aromatic carbocycles. The van der Waals surface area contributed by atoms with Crippen LogP contribution in [0.3, 0.4) is 0 Å². The van der Waals surface area contributed by atoms with E-state index in [1.54, 1.807) is 0 Å². The maximum atomic E-state index is 11.8. The number of aliphatic imine (C=N–C) groups is 2. The van der Waals surface area contributed by atoms with Crippen LogP contribution in [-0.2, 0) is 37.1 Å². The first kappa shape index (κ1) is 40.7. The van der Waals surface area contributed by atoms with Crippen molar-refractivity contribution in [1.29, 1.82) is 0 Å². The topological polar surface area (TPSA) is 433 Å². The number of nitrogens with two attached hydrogens (primary N) is 4. The number of hydrogen-bond acceptors (Lipinski definition) is 17. The van der Waals surface area contributed by atoms with Crippen molar-refractivity contribution >= 4 is 27.6 Å². The fraction of sp³-hybridized carbons (Fsp3) is 0.905. The number of phosphoric acid groups is 2. The van der Waals surface area contributed by atoms with E-state index >= 15 is 0 Å². The van der Waals surface area contributed by atoms with Gasteiger partial charge in [-0.05, 0) is 14.0 Å². The van der Waals surface area contributed by atoms with Crippen molar-refractivity contribution < 1.29 is 87.3 Å². The molecule has 2 heterocycles. The second kappa shape index (κ2) is 15.7. The van der Waals surface area contributed by atoms with Gasteiger partial charge in [0.2, 0.25) is 0 Å². The van der Waals surface area contributed by atoms with Gasteiger partial charge in [0.05, 0.1) is 25.4 Å². The number of hydrogen-bond donors (Lipinski definition) is 15. The third kappa shape index (κ3) is 9.35. The van der Waals surface area contributed by atoms with Crippen molar-refractivity contribution in [3.05, 3.63) is 0 Å². The highest BCUT2D eigenvalue weighted by molar-refractivity contribution is 7.46. The molecule has 0 spiro atoms. The van der Waals surface area contributed by atoms with Crippen molar-refractivity contribution in [2.45, 2.75) is 98.2 Å². The van der Waals surface area contributed by atoms with Crippen LogP contribution in [0.25, 0.3) is 0 Å². The number of phosphoric ester groups is 2. The minimum absolute atomic E-state index is 0.687. The number of rotatable bonds is 13. The summed E-state index contributed by atoms with van der Waals surface area (Å²) in [4.78, 5) is 45.3. The molecule has 1 aliphatic carbocycles. The molecule has 1 saturated carbocycles. The predicted octanol–water partition coefficient (Wildman–Crippen LogP) is -8.13. The molecule has 48 heavy (non-hydrogen) atoms. The van der Waals surface area contributed by atoms with Gasteiger partial charge in [-0.25, -0.2) is 19.1 Å². The molecule has 2 saturated heterocycles. The third-order valence-corrected chi connectivity index (χ3v) is 8.92. The van der Waals surface area contributed by atoms with E-state index in [1.165, 1.54) is 14.0 Å². The van der Waals surface area contributed by atoms with Gasteiger partial charge in [-0.15, -0.1) is 0 Å². The second-order valence-electron chi connectivity index (χ2n) is 11.2. The van der Waals surface area contributed by atoms with Crippen molar-refractivity contribution in [3.63, 3.8) is 0 Å². The molecule has 19 N–H and O–H groups in total. The van der Waals surface area contributed by atoms with E-state index in [-0.39, 0.29) is 0 Å². The summed E-state index contributed by atoms with van der Waals surface area (Å²) in [5.41, 5.74) is 19.3. The van der Waals surface area contributed by atoms with Crippen LogP contribution in [0, 0.1) is 0 Å². The summed E-state index contributed by atoms with van der Waals surface area (Å²) in [6.07, 6.45) is -20.1. The van der Waals surface area contributed by atoms with E-state index < -0.39 is 132 Å². The van der Waals surface area contributed by atoms with Crippen LogP contribution in [0.2, 0.25) is 0 Å². The Bertz CT molecular complexity index is 1250. The first-order chi connectivity index (χ1) is 22.0. The highest BCUT2D eigenvalue weighted by atomic mass is 31.2. The van der Waals surface area contributed by atoms with Gasteiger partial charge in [-0.3, -0.25) is 9.05 Å². The largest absolute Gasteiger partial charge is 0.470 e. The molecule has 2 aliphatic heterocycles. The Kier molecular flexibility index (Phi) is 13.3. The highest BCUT2D eigenvalue weighted by Crippen LogP contribution is 2.46. The van der Waals surface area contributed by atoms with Crippen molar-refractivity contribution in [2.24, 2.45) is 32.9 Å². The van der Waals surface area contributed by atoms with Crippen molar-refractivity contribution in [2.75, 3.05) is 20.3 Å². The van der Waals surface area contributed by atoms with Crippen LogP contribution in [-0.4, -0.2) is 174 Å². The monoisotopic (exact) mass is 743 g/mol. The lowest BCUT2D eigenvalue weighted by atomic mass is 9.81. The molecule has 0 bridgehead atoms. The zero-order chi connectivity index (χ0) is 36.5. The lowest BCUT2D eigenvalue weighted by Crippen LogP contribution is -2.67. The quantitative estimate of drug-likeness (QED) is 0.0473. The number of likely N-dealkylation sites (N-methyl/N-ethyl adjacent to an activating group) is 1. The lowest BCUT2D eigenvalue weighted by molar-refractivity contribution is -0.317. The summed E-state index contributed by atoms with van der Waals surface area (Å²) in [6, 6.07) is -4.87. The fourth-order valence-corrected chi connectivity index (χ4v) is 6.55. The lowest BCUT2D eigenvalue weighted by Gasteiger charge is -2.46. The van der Waals surface area contributed by atoms with Gasteiger partial charge in [0, 0.05) is 0 Å². The van der Waals surface area contributed by atoms with Crippen LogP contribution < -0.4 is 28.3 Å². The Labute approximate surface area is 271 Å². The first-order valence-corrected chi connectivity index (χ1v) is 17.1. The Morgan fingerprint density at radius 1 is 0.833 bits per heavy atom. The first-order valence-electron chi connectivity index (χ1n) is 14.0. The van der Waals surface area contributed by atoms with Crippen LogP contribution in [0.1, 0.15) is 6.92 Å². The third-order valence-electron chi connectivity index (χ3n) is 7.93. The van der Waals surface area contributed by atoms with Gasteiger partial charge in [0.15, 0.2) is 24.5 Å². The maximum absolute atomic E-state index is 11.8. The van der Waals surface area contributed by atoms with Crippen LogP contribution in [0.4, 0.5) is 0 Å². The molecule has 0 aromatic rings. The van der Waals surface area contributed by atoms with Gasteiger partial charge in [-0.1, -0.05) is 0 Å². The smallest absolute Gasteiger partial charge is 0.394 e. The number of ether oxygens (including phenoxy) is 4. The van der Waals surface area contributed by atoms with Gasteiger partial charge >= 0.3 is 15.6 Å². The van der Waals surface area contributed by atoms with E-state index in [4.69, 9.17) is 46.4 Å². The summed E-state index contributed by atoms with van der Waals surface area (Å²) in [5, 5.41) is 67.5. The Morgan fingerprint density at radius 3 is 1.88 bits per heavy atom. The molecule has 3 aliphatic rings. The summed E-state index contributed by atoms with van der Waals surface area (Å²) in [5.74, 6) is -1.39. The number of nitrogens with one attached hydrogen (secondary N) is 1. The van der Waals surface area contributed by atoms with E-state index in [2.05, 4.69) is 19.8 Å². The molecule has 0 unspecified atom stereocenters. The van der Waals surface area contributed by atoms with Crippen LogP contribution in [0.15, 0.2) is 9.98 Å². The summed E-state index contributed by atoms with van der Waals surface area (Å²) in [7, 11) is -9.37. The molecule has 27 heteroatoms. The number of aliphatic hydroxyl groups excluding tert-OH is 5. The fourth-order valence-electron chi connectivity index (χ4n) is 5.60. The molecule has 3 fully saturated rings. The molecular formula is C21H43N7O18P2. The van der Waals surface area contributed by atoms with E-state index in [1.807, 2.05) is 0 Å². The van der Waals surface area contributed by atoms with Crippen LogP contribution >= 0.6 is 15.6 Å². The van der Waals surface area contributed by atoms with Crippen LogP contribution in [0.5, 0.6) is 0 Å². The molecule has 280 valence electrons. The molecule has 3 rings (SSSR count). The molecule has 15 atom stereocenters. The minimum Gasteiger partial charge on any atom is -0.394 e. The maximum Gasteiger partial charge on any atom is 0.470 e. The van der Waals surface area contributed by atoms with Crippen molar-refractivity contribution in [3.8, 4) is 0 Å². The molecule has 0 aromatic heterocycles. The Morgan fingerprint density at radius 2 is 1.40 bits per heavy atom. The van der Waals surface area contributed by atoms with E-state index in [9.17, 15) is 59.3 Å². The van der Waals surface area contributed by atoms with Gasteiger partial charge in [0.1, 0.15) is 66.5 Å². The Hall–Kier alpha value is -1.68. The zero-order valence-corrected chi connectivity index (χ0v) is 27.1. The van der Waals surface area contributed by atoms with Crippen molar-refractivity contribution in [1.82, 2.24) is 5.32 Å². The standard InChI is InChI=1S/C21H43N7O18P2/c1-5-21(34,4-41-47(35,36)37)16(45-17-9(26-2)12(32)10(30)6(3-29)43-17)18(42-5)44-14-7(27-19(22)23)11(31)8(28-20(24)25)15(13(14)33)46-48(38,39)40/h5-18,26,29-34H,3-4H2,1-2H3,(H4,22,23,27)(H4,24,25,28)(H2,35,36,37)(H2,38,39,40)/t5-,6-,7-,8+,9-,10-,11-,12-,13-,14+,15-,16-,17-,18-,21+/m0/s1. The molecular weight excluding hydrogens is 700 g/mol. The van der Waals surface area contributed by atoms with Gasteiger partial charge in [-0.2, -0.15) is 0 Å². The minimum atomic E-state index is -5.45. The number of aliphatic hydroxyl groups is 6. The van der Waals surface area contributed by atoms with E-state index in [0.717, 1.165) is 0 Å². The number of guanidine groups is 2. The highest BCUT2D eigenvalue weighted by Gasteiger charge is 2.61.